The fraction of sp³-hybridized carbons (Fsp3) is 0.415. The molecule has 21 nitrogen and oxygen atoms in total. The van der Waals surface area contributed by atoms with Crippen LogP contribution in [-0.2, 0) is 33.4 Å². The van der Waals surface area contributed by atoms with E-state index in [9.17, 15) is 33.9 Å². The second kappa shape index (κ2) is 29.3. The van der Waals surface area contributed by atoms with Crippen molar-refractivity contribution in [2.24, 2.45) is 10.8 Å². The first-order chi connectivity index (χ1) is 40.7. The van der Waals surface area contributed by atoms with Crippen LogP contribution in [0.1, 0.15) is 104 Å². The maximum Gasteiger partial charge on any atom is 1.00 e. The number of aromatic nitrogens is 4. The summed E-state index contributed by atoms with van der Waals surface area (Å²) >= 11 is 0. The summed E-state index contributed by atoms with van der Waals surface area (Å²) in [5, 5.41) is 15.5. The van der Waals surface area contributed by atoms with Crippen LogP contribution in [-0.4, -0.2) is 146 Å². The maximum absolute atomic E-state index is 14.0. The number of cyclic esters (lactones) is 2. The Morgan fingerprint density at radius 3 is 1.38 bits per heavy atom. The number of rotatable bonds is 2. The van der Waals surface area contributed by atoms with Gasteiger partial charge >= 0.3 is 43.0 Å². The smallest absolute Gasteiger partial charge is 0.870 e. The summed E-state index contributed by atoms with van der Waals surface area (Å²) in [7, 11) is 1.29. The van der Waals surface area contributed by atoms with Crippen molar-refractivity contribution in [1.29, 1.82) is 0 Å². The molecule has 0 spiro atoms. The number of nitrogens with zero attached hydrogens (tertiary/aromatic N) is 6. The van der Waals surface area contributed by atoms with E-state index >= 15 is 0 Å². The number of esters is 1. The van der Waals surface area contributed by atoms with Crippen molar-refractivity contribution in [3.63, 3.8) is 0 Å². The number of amides is 4. The molecule has 6 aromatic rings. The molecule has 87 heavy (non-hydrogen) atoms. The molecule has 4 aliphatic rings. The van der Waals surface area contributed by atoms with E-state index in [0.29, 0.717) is 46.7 Å². The predicted octanol–water partition coefficient (Wildman–Crippen LogP) is 7.05. The molecule has 6 atom stereocenters. The molecule has 0 saturated carbocycles. The van der Waals surface area contributed by atoms with E-state index in [1.54, 1.807) is 0 Å². The molecule has 4 amide bonds. The van der Waals surface area contributed by atoms with Crippen LogP contribution in [0.3, 0.4) is 0 Å². The maximum atomic E-state index is 14.0. The number of aliphatic carboxylic acids is 1. The Morgan fingerprint density at radius 1 is 0.575 bits per heavy atom. The van der Waals surface area contributed by atoms with Crippen molar-refractivity contribution in [2.75, 3.05) is 33.4 Å². The zero-order chi connectivity index (χ0) is 60.4. The van der Waals surface area contributed by atoms with Crippen molar-refractivity contribution in [3.05, 3.63) is 120 Å². The first kappa shape index (κ1) is 66.1. The summed E-state index contributed by atoms with van der Waals surface area (Å²) in [6.45, 7) is 11.5. The Balaban J connectivity index is 0.000000243. The van der Waals surface area contributed by atoms with Crippen molar-refractivity contribution in [1.82, 2.24) is 40.4 Å². The SMILES string of the molecule is CC(C)(C)[C@@H]1NC(=O)OCCCC/C=C/c2cccc(c2)-c2nc3ccccc3nc2O[C@@H]2C[C@@H](C(=O)O)N(C2)C1=O.COC(=O)[C@@H]1C[C@@H]2CN1C(=O)[C@H](C(C)(C)C)NC(=O)OCCCC/C=C/c1cccc(c1)-c1nc3ccccc3nc1O2.[Li+].[OH-]. The largest absolute Gasteiger partial charge is 1.00 e. The Bertz CT molecular complexity index is 3510. The average molecular weight is 1180 g/mol. The molecule has 0 aliphatic carbocycles. The number of nitrogens with one attached hydrogen (secondary N) is 2. The molecular formula is C65H75LiN8O13. The fourth-order valence-electron chi connectivity index (χ4n) is 10.7. The summed E-state index contributed by atoms with van der Waals surface area (Å²) in [4.78, 5) is 101. The van der Waals surface area contributed by atoms with Crippen LogP contribution in [0.15, 0.2) is 109 Å². The summed E-state index contributed by atoms with van der Waals surface area (Å²) in [6, 6.07) is 26.9. The molecule has 2 saturated heterocycles. The van der Waals surface area contributed by atoms with Crippen molar-refractivity contribution < 1.29 is 81.9 Å². The number of hydrogen-bond acceptors (Lipinski definition) is 16. The molecule has 22 heteroatoms. The number of carboxylic acids is 1. The number of carboxylic acid groups (broad SMARTS) is 1. The van der Waals surface area contributed by atoms with Crippen molar-refractivity contribution >= 4 is 70.2 Å². The minimum Gasteiger partial charge on any atom is -0.870 e. The first-order valence-electron chi connectivity index (χ1n) is 28.9. The third-order valence-corrected chi connectivity index (χ3v) is 15.2. The predicted molar refractivity (Wildman–Crippen MR) is 322 cm³/mol. The standard InChI is InChI=1S/C33H38N4O6.C32H36N4O6.Li.H2O/c1-33(2,3)28-30(38)37-20-23(19-26(37)31(39)41-4)43-29-27(34-24-15-8-9-16-25(24)35-29)22-14-11-13-21(18-22)12-7-5-6-10-17-42-32(40)36-28;1-32(2,3)27-29(37)36-19-22(18-25(36)30(38)39)42-28-26(33-23-14-7-8-15-24(23)34-28)21-13-10-12-20(17-21)11-6-4-5-9-16-41-31(40)35-27;;/h7-9,11-16,18,23,26,28H,5-6,10,17,19-20H2,1-4H3,(H,36,40);6-8,10-15,17,22,25,27H,4-5,9,16,18-19H2,1-3H3,(H,35,40)(H,38,39);;1H2/q;;+1;/p-1/b12-7+;11-6+;;/t23-,26+,28-;22-,25+,27-;;/m11../s1. The number of hydrogen-bond donors (Lipinski definition) is 3. The molecule has 454 valence electrons. The van der Waals surface area contributed by atoms with E-state index in [0.717, 1.165) is 53.5 Å². The minimum atomic E-state index is -1.15. The summed E-state index contributed by atoms with van der Waals surface area (Å²) in [5.41, 5.74) is 6.09. The quantitative estimate of drug-likeness (QED) is 0.0889. The molecule has 4 aromatic carbocycles. The zero-order valence-corrected chi connectivity index (χ0v) is 50.6. The van der Waals surface area contributed by atoms with E-state index in [1.807, 2.05) is 145 Å². The topological polar surface area (TPSA) is 281 Å². The van der Waals surface area contributed by atoms with Gasteiger partial charge in [-0.1, -0.05) is 127 Å². The van der Waals surface area contributed by atoms with Crippen LogP contribution >= 0.6 is 0 Å². The summed E-state index contributed by atoms with van der Waals surface area (Å²) in [5.74, 6) is -2.05. The van der Waals surface area contributed by atoms with E-state index in [4.69, 9.17) is 43.6 Å². The van der Waals surface area contributed by atoms with Crippen LogP contribution in [0.5, 0.6) is 11.8 Å². The minimum absolute atomic E-state index is 0. The summed E-state index contributed by atoms with van der Waals surface area (Å²) < 4.78 is 28.7. The molecule has 4 aliphatic heterocycles. The molecule has 8 bridgehead atoms. The van der Waals surface area contributed by atoms with Crippen molar-refractivity contribution in [3.8, 4) is 34.3 Å². The summed E-state index contributed by atoms with van der Waals surface area (Å²) in [6.07, 6.45) is 10.5. The van der Waals surface area contributed by atoms with Gasteiger partial charge in [-0.2, -0.15) is 0 Å². The van der Waals surface area contributed by atoms with Crippen molar-refractivity contribution in [2.45, 2.75) is 129 Å². The number of benzene rings is 4. The Hall–Kier alpha value is -8.38. The molecular weight excluding hydrogens is 1110 g/mol. The second-order valence-electron chi connectivity index (χ2n) is 23.8. The second-order valence-corrected chi connectivity index (χ2v) is 23.8. The number of methoxy groups -OCH3 is 1. The van der Waals surface area contributed by atoms with Gasteiger partial charge in [-0.3, -0.25) is 9.59 Å². The third-order valence-electron chi connectivity index (χ3n) is 15.2. The van der Waals surface area contributed by atoms with Crippen LogP contribution in [0.4, 0.5) is 9.59 Å². The Kier molecular flexibility index (Phi) is 22.3. The third kappa shape index (κ3) is 16.6. The van der Waals surface area contributed by atoms with Gasteiger partial charge in [-0.05, 0) is 96.9 Å². The van der Waals surface area contributed by atoms with E-state index in [-0.39, 0.29) is 69.4 Å². The van der Waals surface area contributed by atoms with Crippen LogP contribution in [0.2, 0.25) is 0 Å². The molecule has 2 fully saturated rings. The number of fused-ring (bicyclic) bond motifs is 14. The zero-order valence-electron chi connectivity index (χ0n) is 50.6. The van der Waals surface area contributed by atoms with Gasteiger partial charge in [-0.25, -0.2) is 39.1 Å². The van der Waals surface area contributed by atoms with Gasteiger partial charge in [0.05, 0.1) is 55.5 Å². The molecule has 4 N–H and O–H groups in total. The monoisotopic (exact) mass is 1180 g/mol. The van der Waals surface area contributed by atoms with Gasteiger partial charge in [0.15, 0.2) is 0 Å². The van der Waals surface area contributed by atoms with Crippen LogP contribution in [0, 0.1) is 10.8 Å². The van der Waals surface area contributed by atoms with E-state index in [2.05, 4.69) is 28.9 Å². The Morgan fingerprint density at radius 2 is 0.977 bits per heavy atom. The van der Waals surface area contributed by atoms with Gasteiger partial charge in [0.1, 0.15) is 47.8 Å². The molecule has 10 rings (SSSR count). The number of allylic oxidation sites excluding steroid dienone is 2. The molecule has 2 aromatic heterocycles. The van der Waals surface area contributed by atoms with E-state index < -0.39 is 83.1 Å². The molecule has 6 heterocycles. The van der Waals surface area contributed by atoms with Crippen LogP contribution < -0.4 is 39.0 Å². The fourth-order valence-corrected chi connectivity index (χ4v) is 10.7. The number of alkyl carbamates (subject to hydrolysis) is 2. The normalized spacial score (nSPS) is 22.1. The van der Waals surface area contributed by atoms with Gasteiger partial charge in [0.2, 0.25) is 23.6 Å². The number of ether oxygens (including phenoxy) is 5. The van der Waals surface area contributed by atoms with Crippen LogP contribution in [0.25, 0.3) is 56.7 Å². The van der Waals surface area contributed by atoms with Gasteiger partial charge < -0.3 is 54.7 Å². The van der Waals surface area contributed by atoms with Gasteiger partial charge in [0, 0.05) is 24.0 Å². The molecule has 0 radical (unpaired) electrons. The Labute approximate surface area is 518 Å². The van der Waals surface area contributed by atoms with Gasteiger partial charge in [0.25, 0.3) is 0 Å². The number of para-hydroxylation sites is 4. The molecule has 0 unspecified atom stereocenters. The number of carbonyl (C=O) groups excluding carboxylic acids is 5. The number of carbonyl (C=O) groups is 6. The van der Waals surface area contributed by atoms with E-state index in [1.165, 1.54) is 16.9 Å². The average Bonchev–Trinajstić information content (AvgIpc) is 3.88. The van der Waals surface area contributed by atoms with Gasteiger partial charge in [-0.15, -0.1) is 0 Å². The first-order valence-corrected chi connectivity index (χ1v) is 28.9.